The van der Waals surface area contributed by atoms with Gasteiger partial charge in [-0.2, -0.15) is 0 Å². The van der Waals surface area contributed by atoms with Gasteiger partial charge in [0.2, 0.25) is 0 Å². The Bertz CT molecular complexity index is 185. The molecule has 0 heterocycles. The van der Waals surface area contributed by atoms with E-state index >= 15 is 0 Å². The van der Waals surface area contributed by atoms with Crippen LogP contribution in [0.3, 0.4) is 0 Å². The topological polar surface area (TPSA) is 30.5 Å². The van der Waals surface area contributed by atoms with Gasteiger partial charge in [0.05, 0.1) is 12.2 Å². The van der Waals surface area contributed by atoms with Crippen molar-refractivity contribution in [1.82, 2.24) is 5.32 Å². The van der Waals surface area contributed by atoms with Crippen LogP contribution in [0.2, 0.25) is 0 Å². The van der Waals surface area contributed by atoms with Crippen molar-refractivity contribution in [2.75, 3.05) is 20.3 Å². The van der Waals surface area contributed by atoms with Crippen molar-refractivity contribution in [3.8, 4) is 0 Å². The summed E-state index contributed by atoms with van der Waals surface area (Å²) in [5, 5.41) is 3.63. The highest BCUT2D eigenvalue weighted by atomic mass is 16.5. The molecule has 0 saturated heterocycles. The fraction of sp³-hybridized carbons (Fsp3) is 1.00. The van der Waals surface area contributed by atoms with Gasteiger partial charge in [-0.3, -0.25) is 0 Å². The Labute approximate surface area is 106 Å². The van der Waals surface area contributed by atoms with E-state index in [1.54, 1.807) is 0 Å². The molecule has 2 atom stereocenters. The molecule has 3 heteroatoms. The molecule has 1 fully saturated rings. The lowest BCUT2D eigenvalue weighted by molar-refractivity contribution is 0.0410. The minimum atomic E-state index is 0.360. The smallest absolute Gasteiger partial charge is 0.0724 e. The highest BCUT2D eigenvalue weighted by Gasteiger charge is 2.23. The van der Waals surface area contributed by atoms with Crippen molar-refractivity contribution < 1.29 is 9.47 Å². The van der Waals surface area contributed by atoms with Gasteiger partial charge in [0.1, 0.15) is 0 Å². The molecule has 17 heavy (non-hydrogen) atoms. The SMILES string of the molecule is COC1CCCCC1NCCCCOC(C)C. The molecule has 1 saturated carbocycles. The molecule has 1 rings (SSSR count). The van der Waals surface area contributed by atoms with Crippen LogP contribution in [0.5, 0.6) is 0 Å². The number of ether oxygens (including phenoxy) is 2. The van der Waals surface area contributed by atoms with Crippen LogP contribution in [-0.4, -0.2) is 38.5 Å². The Hall–Kier alpha value is -0.120. The molecule has 3 nitrogen and oxygen atoms in total. The normalized spacial score (nSPS) is 25.4. The zero-order valence-electron chi connectivity index (χ0n) is 11.7. The van der Waals surface area contributed by atoms with E-state index in [0.717, 1.165) is 19.6 Å². The highest BCUT2D eigenvalue weighted by Crippen LogP contribution is 2.20. The van der Waals surface area contributed by atoms with Gasteiger partial charge in [-0.15, -0.1) is 0 Å². The lowest BCUT2D eigenvalue weighted by Crippen LogP contribution is -2.43. The Morgan fingerprint density at radius 2 is 1.94 bits per heavy atom. The fourth-order valence-electron chi connectivity index (χ4n) is 2.45. The van der Waals surface area contributed by atoms with Gasteiger partial charge >= 0.3 is 0 Å². The van der Waals surface area contributed by atoms with Crippen molar-refractivity contribution in [3.63, 3.8) is 0 Å². The van der Waals surface area contributed by atoms with E-state index in [2.05, 4.69) is 19.2 Å². The maximum Gasteiger partial charge on any atom is 0.0724 e. The summed E-state index contributed by atoms with van der Waals surface area (Å²) < 4.78 is 11.0. The molecule has 1 N–H and O–H groups in total. The van der Waals surface area contributed by atoms with Crippen LogP contribution >= 0.6 is 0 Å². The largest absolute Gasteiger partial charge is 0.380 e. The first-order chi connectivity index (χ1) is 8.24. The van der Waals surface area contributed by atoms with Crippen LogP contribution in [0.25, 0.3) is 0 Å². The lowest BCUT2D eigenvalue weighted by atomic mass is 9.92. The summed E-state index contributed by atoms with van der Waals surface area (Å²) in [6.07, 6.45) is 8.27. The predicted molar refractivity (Wildman–Crippen MR) is 71.4 cm³/mol. The van der Waals surface area contributed by atoms with Crippen LogP contribution in [0.4, 0.5) is 0 Å². The average Bonchev–Trinajstić information content (AvgIpc) is 2.33. The molecule has 0 spiro atoms. The Morgan fingerprint density at radius 1 is 1.18 bits per heavy atom. The Morgan fingerprint density at radius 3 is 2.65 bits per heavy atom. The van der Waals surface area contributed by atoms with E-state index in [-0.39, 0.29) is 0 Å². The third-order valence-electron chi connectivity index (χ3n) is 3.43. The highest BCUT2D eigenvalue weighted by molar-refractivity contribution is 4.81. The van der Waals surface area contributed by atoms with Crippen LogP contribution in [0, 0.1) is 0 Å². The van der Waals surface area contributed by atoms with Crippen molar-refractivity contribution in [2.45, 2.75) is 70.6 Å². The monoisotopic (exact) mass is 243 g/mol. The van der Waals surface area contributed by atoms with Gasteiger partial charge in [-0.25, -0.2) is 0 Å². The van der Waals surface area contributed by atoms with Gasteiger partial charge in [0, 0.05) is 19.8 Å². The second-order valence-electron chi connectivity index (χ2n) is 5.25. The Balaban J connectivity index is 2.01. The van der Waals surface area contributed by atoms with Gasteiger partial charge in [-0.1, -0.05) is 12.8 Å². The maximum absolute atomic E-state index is 5.53. The lowest BCUT2D eigenvalue weighted by Gasteiger charge is -2.31. The zero-order valence-corrected chi connectivity index (χ0v) is 11.7. The quantitative estimate of drug-likeness (QED) is 0.665. The molecule has 1 aliphatic carbocycles. The molecule has 1 aliphatic rings. The summed E-state index contributed by atoms with van der Waals surface area (Å²) in [7, 11) is 1.83. The fourth-order valence-corrected chi connectivity index (χ4v) is 2.45. The molecule has 102 valence electrons. The number of hydrogen-bond donors (Lipinski definition) is 1. The second kappa shape index (κ2) is 8.90. The van der Waals surface area contributed by atoms with Gasteiger partial charge in [-0.05, 0) is 46.1 Å². The van der Waals surface area contributed by atoms with Crippen molar-refractivity contribution in [2.24, 2.45) is 0 Å². The first kappa shape index (κ1) is 14.9. The van der Waals surface area contributed by atoms with E-state index in [9.17, 15) is 0 Å². The van der Waals surface area contributed by atoms with Gasteiger partial charge < -0.3 is 14.8 Å². The van der Waals surface area contributed by atoms with E-state index in [4.69, 9.17) is 9.47 Å². The van der Waals surface area contributed by atoms with E-state index in [1.165, 1.54) is 32.1 Å². The molecule has 0 bridgehead atoms. The minimum absolute atomic E-state index is 0.360. The summed E-state index contributed by atoms with van der Waals surface area (Å²) in [5.41, 5.74) is 0. The first-order valence-corrected chi connectivity index (χ1v) is 7.12. The molecule has 0 aromatic heterocycles. The number of rotatable bonds is 8. The van der Waals surface area contributed by atoms with Crippen LogP contribution in [-0.2, 0) is 9.47 Å². The number of nitrogens with one attached hydrogen (secondary N) is 1. The standard InChI is InChI=1S/C14H29NO2/c1-12(2)17-11-7-6-10-15-13-8-4-5-9-14(13)16-3/h12-15H,4-11H2,1-3H3. The molecule has 0 aromatic carbocycles. The number of methoxy groups -OCH3 is 1. The van der Waals surface area contributed by atoms with E-state index in [0.29, 0.717) is 18.2 Å². The van der Waals surface area contributed by atoms with Crippen molar-refractivity contribution in [1.29, 1.82) is 0 Å². The zero-order chi connectivity index (χ0) is 12.5. The third kappa shape index (κ3) is 6.39. The minimum Gasteiger partial charge on any atom is -0.380 e. The summed E-state index contributed by atoms with van der Waals surface area (Å²) in [5.74, 6) is 0. The van der Waals surface area contributed by atoms with Crippen LogP contribution in [0.1, 0.15) is 52.4 Å². The molecule has 0 aromatic rings. The molecule has 0 radical (unpaired) electrons. The van der Waals surface area contributed by atoms with Gasteiger partial charge in [0.25, 0.3) is 0 Å². The molecule has 0 amide bonds. The van der Waals surface area contributed by atoms with E-state index < -0.39 is 0 Å². The molecule has 0 aliphatic heterocycles. The van der Waals surface area contributed by atoms with Crippen molar-refractivity contribution in [3.05, 3.63) is 0 Å². The summed E-state index contributed by atoms with van der Waals surface area (Å²) in [6, 6.07) is 0.569. The predicted octanol–water partition coefficient (Wildman–Crippen LogP) is 2.74. The number of hydrogen-bond acceptors (Lipinski definition) is 3. The van der Waals surface area contributed by atoms with Crippen LogP contribution < -0.4 is 5.32 Å². The summed E-state index contributed by atoms with van der Waals surface area (Å²) >= 11 is 0. The second-order valence-corrected chi connectivity index (χ2v) is 5.25. The molecular weight excluding hydrogens is 214 g/mol. The van der Waals surface area contributed by atoms with Crippen molar-refractivity contribution >= 4 is 0 Å². The number of unbranched alkanes of at least 4 members (excludes halogenated alkanes) is 1. The first-order valence-electron chi connectivity index (χ1n) is 7.12. The molecular formula is C14H29NO2. The average molecular weight is 243 g/mol. The maximum atomic E-state index is 5.53. The van der Waals surface area contributed by atoms with Gasteiger partial charge in [0.15, 0.2) is 0 Å². The Kier molecular flexibility index (Phi) is 7.82. The van der Waals surface area contributed by atoms with Crippen LogP contribution in [0.15, 0.2) is 0 Å². The molecule has 2 unspecified atom stereocenters. The third-order valence-corrected chi connectivity index (χ3v) is 3.43. The summed E-state index contributed by atoms with van der Waals surface area (Å²) in [6.45, 7) is 6.15. The van der Waals surface area contributed by atoms with E-state index in [1.807, 2.05) is 7.11 Å². The summed E-state index contributed by atoms with van der Waals surface area (Å²) in [4.78, 5) is 0.